The van der Waals surface area contributed by atoms with E-state index in [9.17, 15) is 15.0 Å². The standard InChI is InChI=1S/C22H30N4O3/c1-23-11-7-19-21(23)20(28)8-12-26(22(19)29)10-2-9-24-13-15-25(16-14-24)17-3-5-18(27)6-4-17/h3-7,11,20,27-28H,2,8-10,12-16H2,1H3. The van der Waals surface area contributed by atoms with Gasteiger partial charge in [-0.25, -0.2) is 0 Å². The van der Waals surface area contributed by atoms with Gasteiger partial charge in [0.15, 0.2) is 0 Å². The van der Waals surface area contributed by atoms with Gasteiger partial charge in [0.05, 0.1) is 17.4 Å². The van der Waals surface area contributed by atoms with Crippen LogP contribution in [0.5, 0.6) is 5.75 Å². The first-order chi connectivity index (χ1) is 14.0. The number of carbonyl (C=O) groups is 1. The number of fused-ring (bicyclic) bond motifs is 1. The molecule has 4 rings (SSSR count). The van der Waals surface area contributed by atoms with Gasteiger partial charge in [-0.05, 0) is 49.7 Å². The fourth-order valence-electron chi connectivity index (χ4n) is 4.42. The number of piperazine rings is 1. The van der Waals surface area contributed by atoms with Gasteiger partial charge in [0.25, 0.3) is 5.91 Å². The molecule has 0 aliphatic carbocycles. The summed E-state index contributed by atoms with van der Waals surface area (Å²) in [5.74, 6) is 0.333. The second-order valence-electron chi connectivity index (χ2n) is 8.02. The lowest BCUT2D eigenvalue weighted by atomic mass is 10.1. The zero-order valence-electron chi connectivity index (χ0n) is 17.0. The van der Waals surface area contributed by atoms with Gasteiger partial charge >= 0.3 is 0 Å². The number of hydrogen-bond acceptors (Lipinski definition) is 5. The summed E-state index contributed by atoms with van der Waals surface area (Å²) in [5, 5.41) is 19.8. The highest BCUT2D eigenvalue weighted by Gasteiger charge is 2.29. The van der Waals surface area contributed by atoms with E-state index in [4.69, 9.17) is 0 Å². The minimum Gasteiger partial charge on any atom is -0.508 e. The van der Waals surface area contributed by atoms with Crippen molar-refractivity contribution in [2.75, 3.05) is 50.7 Å². The maximum Gasteiger partial charge on any atom is 0.255 e. The molecule has 1 unspecified atom stereocenters. The van der Waals surface area contributed by atoms with E-state index in [-0.39, 0.29) is 5.91 Å². The molecule has 0 bridgehead atoms. The molecule has 0 saturated carbocycles. The normalized spacial score (nSPS) is 20.6. The Balaban J connectivity index is 1.26. The van der Waals surface area contributed by atoms with Crippen molar-refractivity contribution in [1.82, 2.24) is 14.4 Å². The number of carbonyl (C=O) groups excluding carboxylic acids is 1. The topological polar surface area (TPSA) is 72.2 Å². The molecule has 1 aromatic heterocycles. The number of hydrogen-bond donors (Lipinski definition) is 2. The zero-order valence-corrected chi connectivity index (χ0v) is 17.0. The van der Waals surface area contributed by atoms with Crippen LogP contribution in [0.25, 0.3) is 0 Å². The second-order valence-corrected chi connectivity index (χ2v) is 8.02. The molecule has 1 atom stereocenters. The molecule has 0 spiro atoms. The maximum atomic E-state index is 12.9. The minimum atomic E-state index is -0.577. The van der Waals surface area contributed by atoms with Crippen LogP contribution < -0.4 is 4.90 Å². The van der Waals surface area contributed by atoms with Gasteiger partial charge in [-0.3, -0.25) is 9.69 Å². The SMILES string of the molecule is Cn1ccc2c1C(O)CCN(CCCN1CCN(c3ccc(O)cc3)CC1)C2=O. The highest BCUT2D eigenvalue weighted by Crippen LogP contribution is 2.27. The first-order valence-electron chi connectivity index (χ1n) is 10.4. The first-order valence-corrected chi connectivity index (χ1v) is 10.4. The van der Waals surface area contributed by atoms with Crippen LogP contribution in [0.4, 0.5) is 5.69 Å². The lowest BCUT2D eigenvalue weighted by Gasteiger charge is -2.36. The van der Waals surface area contributed by atoms with Gasteiger partial charge in [-0.2, -0.15) is 0 Å². The number of aromatic hydroxyl groups is 1. The molecular formula is C22H30N4O3. The Bertz CT molecular complexity index is 840. The number of benzene rings is 1. The Morgan fingerprint density at radius 2 is 1.72 bits per heavy atom. The summed E-state index contributed by atoms with van der Waals surface area (Å²) in [6.45, 7) is 6.21. The van der Waals surface area contributed by atoms with Crippen molar-refractivity contribution in [2.24, 2.45) is 7.05 Å². The molecule has 7 nitrogen and oxygen atoms in total. The lowest BCUT2D eigenvalue weighted by Crippen LogP contribution is -2.47. The van der Waals surface area contributed by atoms with Crippen LogP contribution in [0.1, 0.15) is 35.0 Å². The number of aliphatic hydroxyl groups excluding tert-OH is 1. The van der Waals surface area contributed by atoms with E-state index in [1.165, 1.54) is 0 Å². The third-order valence-corrected chi connectivity index (χ3v) is 6.12. The van der Waals surface area contributed by atoms with E-state index >= 15 is 0 Å². The molecule has 2 aliphatic rings. The summed E-state index contributed by atoms with van der Waals surface area (Å²) in [7, 11) is 1.88. The van der Waals surface area contributed by atoms with Crippen molar-refractivity contribution in [1.29, 1.82) is 0 Å². The number of rotatable bonds is 5. The van der Waals surface area contributed by atoms with Gasteiger partial charge in [0.1, 0.15) is 5.75 Å². The molecule has 2 N–H and O–H groups in total. The predicted molar refractivity (Wildman–Crippen MR) is 112 cm³/mol. The number of anilines is 1. The molecule has 1 fully saturated rings. The van der Waals surface area contributed by atoms with E-state index < -0.39 is 6.10 Å². The molecule has 0 radical (unpaired) electrons. The van der Waals surface area contributed by atoms with Crippen LogP contribution in [-0.4, -0.2) is 76.3 Å². The van der Waals surface area contributed by atoms with Crippen molar-refractivity contribution in [3.8, 4) is 5.75 Å². The monoisotopic (exact) mass is 398 g/mol. The quantitative estimate of drug-likeness (QED) is 0.804. The Morgan fingerprint density at radius 1 is 1.00 bits per heavy atom. The molecule has 156 valence electrons. The summed E-state index contributed by atoms with van der Waals surface area (Å²) in [6, 6.07) is 9.20. The molecule has 1 saturated heterocycles. The smallest absolute Gasteiger partial charge is 0.255 e. The van der Waals surface area contributed by atoms with Crippen molar-refractivity contribution < 1.29 is 15.0 Å². The number of phenolic OH excluding ortho intramolecular Hbond substituents is 1. The second kappa shape index (κ2) is 8.47. The molecule has 3 heterocycles. The summed E-state index contributed by atoms with van der Waals surface area (Å²) in [6.07, 6.45) is 2.79. The van der Waals surface area contributed by atoms with Gasteiger partial charge in [0.2, 0.25) is 0 Å². The third-order valence-electron chi connectivity index (χ3n) is 6.12. The average Bonchev–Trinajstić information content (AvgIpc) is 3.07. The van der Waals surface area contributed by atoms with Crippen molar-refractivity contribution in [3.05, 3.63) is 47.8 Å². The predicted octanol–water partition coefficient (Wildman–Crippen LogP) is 1.82. The highest BCUT2D eigenvalue weighted by molar-refractivity contribution is 5.96. The number of nitrogens with zero attached hydrogens (tertiary/aromatic N) is 4. The number of aryl methyl sites for hydroxylation is 1. The number of aliphatic hydroxyl groups is 1. The number of phenols is 1. The summed E-state index contributed by atoms with van der Waals surface area (Å²) < 4.78 is 1.86. The maximum absolute atomic E-state index is 12.9. The average molecular weight is 399 g/mol. The Labute approximate surface area is 171 Å². The number of amides is 1. The highest BCUT2D eigenvalue weighted by atomic mass is 16.3. The zero-order chi connectivity index (χ0) is 20.4. The van der Waals surface area contributed by atoms with E-state index in [1.807, 2.05) is 40.9 Å². The van der Waals surface area contributed by atoms with E-state index in [0.717, 1.165) is 57.1 Å². The fraction of sp³-hybridized carbons (Fsp3) is 0.500. The lowest BCUT2D eigenvalue weighted by molar-refractivity contribution is 0.0738. The van der Waals surface area contributed by atoms with Crippen LogP contribution in [0, 0.1) is 0 Å². The van der Waals surface area contributed by atoms with E-state index in [1.54, 1.807) is 12.1 Å². The summed E-state index contributed by atoms with van der Waals surface area (Å²) in [5.41, 5.74) is 2.53. The van der Waals surface area contributed by atoms with E-state index in [2.05, 4.69) is 9.80 Å². The van der Waals surface area contributed by atoms with Crippen molar-refractivity contribution >= 4 is 11.6 Å². The molecule has 29 heavy (non-hydrogen) atoms. The molecule has 7 heteroatoms. The van der Waals surface area contributed by atoms with E-state index in [0.29, 0.717) is 24.3 Å². The fourth-order valence-corrected chi connectivity index (χ4v) is 4.42. The molecular weight excluding hydrogens is 368 g/mol. The van der Waals surface area contributed by atoms with Crippen molar-refractivity contribution in [3.63, 3.8) is 0 Å². The van der Waals surface area contributed by atoms with Gasteiger partial charge in [0, 0.05) is 58.2 Å². The summed E-state index contributed by atoms with van der Waals surface area (Å²) >= 11 is 0. The van der Waals surface area contributed by atoms with Crippen LogP contribution in [0.3, 0.4) is 0 Å². The largest absolute Gasteiger partial charge is 0.508 e. The Kier molecular flexibility index (Phi) is 5.78. The van der Waals surface area contributed by atoms with Crippen LogP contribution in [0.2, 0.25) is 0 Å². The Hall–Kier alpha value is -2.51. The van der Waals surface area contributed by atoms with Crippen molar-refractivity contribution in [2.45, 2.75) is 18.9 Å². The van der Waals surface area contributed by atoms with Gasteiger partial charge in [-0.15, -0.1) is 0 Å². The van der Waals surface area contributed by atoms with Gasteiger partial charge < -0.3 is 24.6 Å². The first kappa shape index (κ1) is 19.8. The number of aromatic nitrogens is 1. The molecule has 1 aromatic carbocycles. The van der Waals surface area contributed by atoms with Crippen LogP contribution >= 0.6 is 0 Å². The third kappa shape index (κ3) is 4.26. The molecule has 1 amide bonds. The van der Waals surface area contributed by atoms with Crippen LogP contribution in [0.15, 0.2) is 36.5 Å². The Morgan fingerprint density at radius 3 is 2.45 bits per heavy atom. The van der Waals surface area contributed by atoms with Crippen LogP contribution in [-0.2, 0) is 7.05 Å². The molecule has 2 aromatic rings. The van der Waals surface area contributed by atoms with Gasteiger partial charge in [-0.1, -0.05) is 0 Å². The minimum absolute atomic E-state index is 0.0364. The molecule has 2 aliphatic heterocycles. The summed E-state index contributed by atoms with van der Waals surface area (Å²) in [4.78, 5) is 19.5.